The van der Waals surface area contributed by atoms with Gasteiger partial charge in [0.25, 0.3) is 5.91 Å². The Bertz CT molecular complexity index is 556. The zero-order valence-electron chi connectivity index (χ0n) is 11.0. The first kappa shape index (κ1) is 12.8. The lowest BCUT2D eigenvalue weighted by atomic mass is 9.67. The van der Waals surface area contributed by atoms with E-state index in [1.165, 1.54) is 11.3 Å². The van der Waals surface area contributed by atoms with E-state index in [0.29, 0.717) is 18.6 Å². The number of nitrogens with zero attached hydrogens (tertiary/aromatic N) is 2. The number of aryl methyl sites for hydroxylation is 1. The maximum Gasteiger partial charge on any atom is 0.251 e. The first-order chi connectivity index (χ1) is 9.15. The zero-order chi connectivity index (χ0) is 13.4. The SMILES string of the molecule is Cn1ccsc1=NC(=O)C1C[C@H]2CCC[C@@H](C1)C2=O. The van der Waals surface area contributed by atoms with Crippen LogP contribution in [0.25, 0.3) is 0 Å². The molecule has 1 unspecified atom stereocenters. The molecule has 0 aliphatic heterocycles. The molecule has 1 aromatic rings. The van der Waals surface area contributed by atoms with Gasteiger partial charge >= 0.3 is 0 Å². The third kappa shape index (κ3) is 2.43. The van der Waals surface area contributed by atoms with Gasteiger partial charge in [0, 0.05) is 36.4 Å². The van der Waals surface area contributed by atoms with Crippen LogP contribution in [0.5, 0.6) is 0 Å². The van der Waals surface area contributed by atoms with E-state index in [4.69, 9.17) is 0 Å². The van der Waals surface area contributed by atoms with Crippen LogP contribution in [-0.2, 0) is 16.6 Å². The summed E-state index contributed by atoms with van der Waals surface area (Å²) in [5.74, 6) is 0.553. The van der Waals surface area contributed by atoms with E-state index in [1.54, 1.807) is 0 Å². The number of hydrogen-bond donors (Lipinski definition) is 0. The average Bonchev–Trinajstić information content (AvgIpc) is 2.74. The van der Waals surface area contributed by atoms with Gasteiger partial charge in [-0.05, 0) is 25.7 Å². The normalized spacial score (nSPS) is 31.5. The van der Waals surface area contributed by atoms with E-state index >= 15 is 0 Å². The van der Waals surface area contributed by atoms with Gasteiger partial charge in [0.1, 0.15) is 5.78 Å². The van der Waals surface area contributed by atoms with E-state index < -0.39 is 0 Å². The number of rotatable bonds is 1. The standard InChI is InChI=1S/C14H18N2O2S/c1-16-5-6-19-14(16)15-13(18)11-7-9-3-2-4-10(8-11)12(9)17/h5-6,9-11H,2-4,7-8H2,1H3/t9-,10+,11?. The van der Waals surface area contributed by atoms with Gasteiger partial charge in [-0.1, -0.05) is 6.42 Å². The molecule has 102 valence electrons. The molecule has 0 N–H and O–H groups in total. The van der Waals surface area contributed by atoms with E-state index in [1.807, 2.05) is 23.2 Å². The second-order valence-electron chi connectivity index (χ2n) is 5.64. The van der Waals surface area contributed by atoms with Crippen molar-refractivity contribution in [3.8, 4) is 0 Å². The number of carbonyl (C=O) groups excluding carboxylic acids is 2. The van der Waals surface area contributed by atoms with Crippen molar-refractivity contribution < 1.29 is 9.59 Å². The minimum absolute atomic E-state index is 0.0394. The van der Waals surface area contributed by atoms with Crippen LogP contribution >= 0.6 is 11.3 Å². The molecule has 0 saturated heterocycles. The van der Waals surface area contributed by atoms with Crippen molar-refractivity contribution in [2.75, 3.05) is 0 Å². The minimum Gasteiger partial charge on any atom is -0.327 e. The maximum absolute atomic E-state index is 12.3. The molecule has 2 fully saturated rings. The summed E-state index contributed by atoms with van der Waals surface area (Å²) in [4.78, 5) is 29.2. The Morgan fingerprint density at radius 3 is 2.63 bits per heavy atom. The summed E-state index contributed by atoms with van der Waals surface area (Å²) in [6.45, 7) is 0. The van der Waals surface area contributed by atoms with Gasteiger partial charge in [0.2, 0.25) is 0 Å². The topological polar surface area (TPSA) is 51.4 Å². The lowest BCUT2D eigenvalue weighted by Crippen LogP contribution is -2.39. The van der Waals surface area contributed by atoms with Crippen LogP contribution < -0.4 is 4.80 Å². The molecule has 3 atom stereocenters. The molecule has 2 bridgehead atoms. The molecular weight excluding hydrogens is 260 g/mol. The Morgan fingerprint density at radius 1 is 1.37 bits per heavy atom. The summed E-state index contributed by atoms with van der Waals surface area (Å²) in [7, 11) is 1.89. The Hall–Kier alpha value is -1.23. The van der Waals surface area contributed by atoms with Gasteiger partial charge in [-0.3, -0.25) is 9.59 Å². The molecule has 2 aliphatic rings. The molecule has 2 saturated carbocycles. The maximum atomic E-state index is 12.3. The summed E-state index contributed by atoms with van der Waals surface area (Å²) < 4.78 is 1.86. The highest BCUT2D eigenvalue weighted by atomic mass is 32.1. The van der Waals surface area contributed by atoms with Crippen molar-refractivity contribution in [2.45, 2.75) is 32.1 Å². The predicted octanol–water partition coefficient (Wildman–Crippen LogP) is 1.91. The molecule has 0 aromatic carbocycles. The van der Waals surface area contributed by atoms with Crippen LogP contribution in [0.2, 0.25) is 0 Å². The second kappa shape index (κ2) is 5.04. The summed E-state index contributed by atoms with van der Waals surface area (Å²) in [6, 6.07) is 0. The van der Waals surface area contributed by atoms with Crippen LogP contribution in [0.3, 0.4) is 0 Å². The van der Waals surface area contributed by atoms with Crippen LogP contribution in [0.4, 0.5) is 0 Å². The van der Waals surface area contributed by atoms with Crippen LogP contribution in [-0.4, -0.2) is 16.3 Å². The van der Waals surface area contributed by atoms with Crippen molar-refractivity contribution in [3.05, 3.63) is 16.4 Å². The number of hydrogen-bond acceptors (Lipinski definition) is 3. The molecule has 4 nitrogen and oxygen atoms in total. The smallest absolute Gasteiger partial charge is 0.251 e. The molecule has 19 heavy (non-hydrogen) atoms. The van der Waals surface area contributed by atoms with E-state index in [9.17, 15) is 9.59 Å². The van der Waals surface area contributed by atoms with E-state index in [-0.39, 0.29) is 23.7 Å². The minimum atomic E-state index is -0.0462. The quantitative estimate of drug-likeness (QED) is 0.788. The largest absolute Gasteiger partial charge is 0.327 e. The predicted molar refractivity (Wildman–Crippen MR) is 72.4 cm³/mol. The van der Waals surface area contributed by atoms with Gasteiger partial charge in [0.05, 0.1) is 0 Å². The first-order valence-corrected chi connectivity index (χ1v) is 7.75. The number of Topliss-reactive ketones (excluding diaryl/α,β-unsaturated/α-hetero) is 1. The molecule has 0 spiro atoms. The van der Waals surface area contributed by atoms with Crippen molar-refractivity contribution >= 4 is 23.0 Å². The number of aromatic nitrogens is 1. The highest BCUT2D eigenvalue weighted by molar-refractivity contribution is 7.07. The lowest BCUT2D eigenvalue weighted by molar-refractivity contribution is -0.136. The first-order valence-electron chi connectivity index (χ1n) is 6.87. The molecule has 2 aliphatic carbocycles. The zero-order valence-corrected chi connectivity index (χ0v) is 11.9. The summed E-state index contributed by atoms with van der Waals surface area (Å²) in [5, 5.41) is 1.92. The van der Waals surface area contributed by atoms with Crippen molar-refractivity contribution in [1.82, 2.24) is 4.57 Å². The van der Waals surface area contributed by atoms with Gasteiger partial charge < -0.3 is 4.57 Å². The van der Waals surface area contributed by atoms with Crippen molar-refractivity contribution in [1.29, 1.82) is 0 Å². The van der Waals surface area contributed by atoms with Gasteiger partial charge in [-0.25, -0.2) is 0 Å². The summed E-state index contributed by atoms with van der Waals surface area (Å²) in [5.41, 5.74) is 0. The third-order valence-electron chi connectivity index (χ3n) is 4.36. The number of carbonyl (C=O) groups is 2. The Kier molecular flexibility index (Phi) is 3.39. The van der Waals surface area contributed by atoms with Crippen LogP contribution in [0.1, 0.15) is 32.1 Å². The highest BCUT2D eigenvalue weighted by Gasteiger charge is 2.41. The molecular formula is C14H18N2O2S. The lowest BCUT2D eigenvalue weighted by Gasteiger charge is -2.36. The van der Waals surface area contributed by atoms with Crippen molar-refractivity contribution in [2.24, 2.45) is 29.8 Å². The highest BCUT2D eigenvalue weighted by Crippen LogP contribution is 2.40. The van der Waals surface area contributed by atoms with Crippen molar-refractivity contribution in [3.63, 3.8) is 0 Å². The van der Waals surface area contributed by atoms with E-state index in [2.05, 4.69) is 4.99 Å². The fourth-order valence-electron chi connectivity index (χ4n) is 3.30. The number of amides is 1. The molecule has 1 amide bonds. The van der Waals surface area contributed by atoms with Crippen LogP contribution in [0.15, 0.2) is 16.6 Å². The monoisotopic (exact) mass is 278 g/mol. The number of thiazole rings is 1. The summed E-state index contributed by atoms with van der Waals surface area (Å²) >= 11 is 1.47. The van der Waals surface area contributed by atoms with Gasteiger partial charge in [-0.2, -0.15) is 4.99 Å². The van der Waals surface area contributed by atoms with Crippen LogP contribution in [0, 0.1) is 17.8 Å². The average molecular weight is 278 g/mol. The Labute approximate surface area is 116 Å². The van der Waals surface area contributed by atoms with Gasteiger partial charge in [0.15, 0.2) is 4.80 Å². The molecule has 3 rings (SSSR count). The fraction of sp³-hybridized carbons (Fsp3) is 0.643. The number of fused-ring (bicyclic) bond motifs is 2. The second-order valence-corrected chi connectivity index (χ2v) is 6.51. The van der Waals surface area contributed by atoms with Gasteiger partial charge in [-0.15, -0.1) is 11.3 Å². The molecule has 1 aromatic heterocycles. The molecule has 0 radical (unpaired) electrons. The third-order valence-corrected chi connectivity index (χ3v) is 5.21. The number of ketones is 1. The van der Waals surface area contributed by atoms with E-state index in [0.717, 1.165) is 24.1 Å². The fourth-order valence-corrected chi connectivity index (χ4v) is 4.04. The molecule has 5 heteroatoms. The molecule has 1 heterocycles. The Balaban J connectivity index is 1.79. The Morgan fingerprint density at radius 2 is 2.05 bits per heavy atom. The summed E-state index contributed by atoms with van der Waals surface area (Å²) in [6.07, 6.45) is 6.40.